The van der Waals surface area contributed by atoms with E-state index in [2.05, 4.69) is 18.2 Å². The third-order valence-electron chi connectivity index (χ3n) is 5.69. The summed E-state index contributed by atoms with van der Waals surface area (Å²) in [4.78, 5) is 14.6. The predicted molar refractivity (Wildman–Crippen MR) is 101 cm³/mol. The zero-order chi connectivity index (χ0) is 18.0. The number of rotatable bonds is 3. The van der Waals surface area contributed by atoms with Gasteiger partial charge in [-0.25, -0.2) is 0 Å². The molecule has 0 N–H and O–H groups in total. The van der Waals surface area contributed by atoms with E-state index < -0.39 is 0 Å². The Morgan fingerprint density at radius 1 is 1.08 bits per heavy atom. The first kappa shape index (κ1) is 17.0. The summed E-state index contributed by atoms with van der Waals surface area (Å²) in [6.07, 6.45) is 4.38. The van der Waals surface area contributed by atoms with Gasteiger partial charge in [0.05, 0.1) is 13.5 Å². The molecule has 0 aromatic heterocycles. The zero-order valence-corrected chi connectivity index (χ0v) is 15.2. The summed E-state index contributed by atoms with van der Waals surface area (Å²) in [5.41, 5.74) is 2.24. The Labute approximate surface area is 154 Å². The lowest BCUT2D eigenvalue weighted by molar-refractivity contribution is -0.134. The fraction of sp³-hybridized carbons (Fsp3) is 0.409. The molecule has 2 aliphatic heterocycles. The number of nitrogens with zero attached hydrogens (tertiary/aromatic N) is 1. The molecule has 4 rings (SSSR count). The Hall–Kier alpha value is -2.49. The molecule has 2 aromatic rings. The van der Waals surface area contributed by atoms with Gasteiger partial charge >= 0.3 is 0 Å². The van der Waals surface area contributed by atoms with Crippen LogP contribution in [0.15, 0.2) is 48.5 Å². The SMILES string of the molecule is COc1ccc(CC(=O)N2CCC3(CCc4ccccc4O3)CC2)cc1. The molecule has 1 amide bonds. The van der Waals surface area contributed by atoms with E-state index in [1.807, 2.05) is 35.2 Å². The third kappa shape index (κ3) is 3.41. The molecule has 0 radical (unpaired) electrons. The van der Waals surface area contributed by atoms with Gasteiger partial charge < -0.3 is 14.4 Å². The van der Waals surface area contributed by atoms with Crippen LogP contribution in [-0.2, 0) is 17.6 Å². The van der Waals surface area contributed by atoms with Crippen LogP contribution >= 0.6 is 0 Å². The monoisotopic (exact) mass is 351 g/mol. The molecular formula is C22H25NO3. The number of piperidine rings is 1. The minimum atomic E-state index is -0.0920. The molecule has 4 heteroatoms. The van der Waals surface area contributed by atoms with Crippen LogP contribution in [0.3, 0.4) is 0 Å². The molecule has 0 unspecified atom stereocenters. The Morgan fingerprint density at radius 2 is 1.81 bits per heavy atom. The van der Waals surface area contributed by atoms with Crippen LogP contribution in [0.5, 0.6) is 11.5 Å². The van der Waals surface area contributed by atoms with Gasteiger partial charge in [0.2, 0.25) is 5.91 Å². The second-order valence-corrected chi connectivity index (χ2v) is 7.30. The fourth-order valence-electron chi connectivity index (χ4n) is 4.00. The van der Waals surface area contributed by atoms with Crippen molar-refractivity contribution in [3.05, 3.63) is 59.7 Å². The highest BCUT2D eigenvalue weighted by molar-refractivity contribution is 5.79. The molecule has 0 bridgehead atoms. The highest BCUT2D eigenvalue weighted by Crippen LogP contribution is 2.39. The number of hydrogen-bond acceptors (Lipinski definition) is 3. The molecule has 0 aliphatic carbocycles. The van der Waals surface area contributed by atoms with Crippen LogP contribution in [-0.4, -0.2) is 36.6 Å². The number of hydrogen-bond donors (Lipinski definition) is 0. The van der Waals surface area contributed by atoms with E-state index in [-0.39, 0.29) is 11.5 Å². The van der Waals surface area contributed by atoms with Gasteiger partial charge in [0.15, 0.2) is 0 Å². The quantitative estimate of drug-likeness (QED) is 0.848. The van der Waals surface area contributed by atoms with E-state index in [0.29, 0.717) is 6.42 Å². The van der Waals surface area contributed by atoms with Crippen molar-refractivity contribution in [1.29, 1.82) is 0 Å². The maximum Gasteiger partial charge on any atom is 0.226 e. The summed E-state index contributed by atoms with van der Waals surface area (Å²) >= 11 is 0. The number of likely N-dealkylation sites (tertiary alicyclic amines) is 1. The predicted octanol–water partition coefficient (Wildman–Crippen LogP) is 3.62. The summed E-state index contributed by atoms with van der Waals surface area (Å²) in [6, 6.07) is 16.0. The summed E-state index contributed by atoms with van der Waals surface area (Å²) < 4.78 is 11.6. The molecule has 1 saturated heterocycles. The average molecular weight is 351 g/mol. The van der Waals surface area contributed by atoms with Gasteiger partial charge in [-0.15, -0.1) is 0 Å². The second-order valence-electron chi connectivity index (χ2n) is 7.30. The first-order valence-corrected chi connectivity index (χ1v) is 9.35. The Balaban J connectivity index is 1.35. The largest absolute Gasteiger partial charge is 0.497 e. The van der Waals surface area contributed by atoms with Gasteiger partial charge in [0.1, 0.15) is 17.1 Å². The highest BCUT2D eigenvalue weighted by atomic mass is 16.5. The van der Waals surface area contributed by atoms with Crippen LogP contribution in [0.4, 0.5) is 0 Å². The van der Waals surface area contributed by atoms with E-state index in [0.717, 1.165) is 55.8 Å². The van der Waals surface area contributed by atoms with Crippen LogP contribution in [0.1, 0.15) is 30.4 Å². The smallest absolute Gasteiger partial charge is 0.226 e. The van der Waals surface area contributed by atoms with E-state index in [1.54, 1.807) is 7.11 Å². The van der Waals surface area contributed by atoms with Crippen molar-refractivity contribution in [1.82, 2.24) is 4.90 Å². The van der Waals surface area contributed by atoms with Crippen LogP contribution in [0, 0.1) is 0 Å². The molecule has 2 aromatic carbocycles. The lowest BCUT2D eigenvalue weighted by Gasteiger charge is -2.44. The second kappa shape index (κ2) is 7.02. The number of aryl methyl sites for hydroxylation is 1. The van der Waals surface area contributed by atoms with Crippen LogP contribution < -0.4 is 9.47 Å². The molecule has 26 heavy (non-hydrogen) atoms. The molecule has 2 aliphatic rings. The van der Waals surface area contributed by atoms with Crippen molar-refractivity contribution < 1.29 is 14.3 Å². The zero-order valence-electron chi connectivity index (χ0n) is 15.2. The summed E-state index contributed by atoms with van der Waals surface area (Å²) in [6.45, 7) is 1.55. The van der Waals surface area contributed by atoms with Crippen LogP contribution in [0.25, 0.3) is 0 Å². The molecule has 1 fully saturated rings. The lowest BCUT2D eigenvalue weighted by atomic mass is 9.83. The van der Waals surface area contributed by atoms with Gasteiger partial charge in [-0.1, -0.05) is 30.3 Å². The average Bonchev–Trinajstić information content (AvgIpc) is 2.69. The van der Waals surface area contributed by atoms with E-state index in [4.69, 9.17) is 9.47 Å². The molecule has 136 valence electrons. The number of carbonyl (C=O) groups is 1. The summed E-state index contributed by atoms with van der Waals surface area (Å²) in [5, 5.41) is 0. The van der Waals surface area contributed by atoms with Crippen molar-refractivity contribution in [2.45, 2.75) is 37.7 Å². The van der Waals surface area contributed by atoms with Crippen molar-refractivity contribution >= 4 is 5.91 Å². The molecule has 0 atom stereocenters. The minimum absolute atomic E-state index is 0.0920. The maximum absolute atomic E-state index is 12.6. The number of methoxy groups -OCH3 is 1. The van der Waals surface area contributed by atoms with Crippen molar-refractivity contribution in [2.75, 3.05) is 20.2 Å². The summed E-state index contributed by atoms with van der Waals surface area (Å²) in [5.74, 6) is 2.04. The standard InChI is InChI=1S/C22H25NO3/c1-25-19-8-6-17(7-9-19)16-21(24)23-14-12-22(13-15-23)11-10-18-4-2-3-5-20(18)26-22/h2-9H,10-16H2,1H3. The number of carbonyl (C=O) groups excluding carboxylic acids is 1. The first-order chi connectivity index (χ1) is 12.7. The summed E-state index contributed by atoms with van der Waals surface area (Å²) in [7, 11) is 1.65. The molecule has 2 heterocycles. The van der Waals surface area contributed by atoms with Crippen molar-refractivity contribution in [2.24, 2.45) is 0 Å². The van der Waals surface area contributed by atoms with Gasteiger partial charge in [-0.2, -0.15) is 0 Å². The number of fused-ring (bicyclic) bond motifs is 1. The van der Waals surface area contributed by atoms with E-state index >= 15 is 0 Å². The minimum Gasteiger partial charge on any atom is -0.497 e. The lowest BCUT2D eigenvalue weighted by Crippen LogP contribution is -2.51. The fourth-order valence-corrected chi connectivity index (χ4v) is 4.00. The molecule has 4 nitrogen and oxygen atoms in total. The van der Waals surface area contributed by atoms with E-state index in [1.165, 1.54) is 5.56 Å². The number of ether oxygens (including phenoxy) is 2. The normalized spacial score (nSPS) is 18.1. The number of amides is 1. The van der Waals surface area contributed by atoms with Gasteiger partial charge in [-0.3, -0.25) is 4.79 Å². The Bertz CT molecular complexity index is 776. The van der Waals surface area contributed by atoms with Crippen molar-refractivity contribution in [3.8, 4) is 11.5 Å². The first-order valence-electron chi connectivity index (χ1n) is 9.35. The topological polar surface area (TPSA) is 38.8 Å². The molecule has 0 saturated carbocycles. The van der Waals surface area contributed by atoms with Gasteiger partial charge in [0, 0.05) is 25.9 Å². The highest BCUT2D eigenvalue weighted by Gasteiger charge is 2.40. The Kier molecular flexibility index (Phi) is 4.58. The van der Waals surface area contributed by atoms with Gasteiger partial charge in [-0.05, 0) is 42.2 Å². The van der Waals surface area contributed by atoms with Crippen LogP contribution in [0.2, 0.25) is 0 Å². The van der Waals surface area contributed by atoms with Crippen molar-refractivity contribution in [3.63, 3.8) is 0 Å². The number of para-hydroxylation sites is 1. The maximum atomic E-state index is 12.6. The number of benzene rings is 2. The Morgan fingerprint density at radius 3 is 2.54 bits per heavy atom. The molecular weight excluding hydrogens is 326 g/mol. The van der Waals surface area contributed by atoms with Gasteiger partial charge in [0.25, 0.3) is 0 Å². The van der Waals surface area contributed by atoms with E-state index in [9.17, 15) is 4.79 Å². The third-order valence-corrected chi connectivity index (χ3v) is 5.69. The molecule has 1 spiro atoms.